The van der Waals surface area contributed by atoms with Gasteiger partial charge in [0.25, 0.3) is 5.56 Å². The van der Waals surface area contributed by atoms with Crippen molar-refractivity contribution in [3.8, 4) is 12.3 Å². The van der Waals surface area contributed by atoms with Crippen LogP contribution in [0.3, 0.4) is 0 Å². The van der Waals surface area contributed by atoms with E-state index >= 15 is 0 Å². The standard InChI is InChI=1S/C27H41N9O5S/c1-6-9-26(2,3)40-14-10-27(4,5)41-18-19(35-29)16-30-17-20(38)31-11-15-42-25-32-21-22(33-24(28)34-23(21)39)36(25)12-7-8-13-37/h1,7-8,16,37H,9-15,17-18,29H2,2-5H3,(H,31,38)(H3,28,33,34,39). The third-order valence-corrected chi connectivity index (χ3v) is 6.76. The number of H-pyrrole nitrogens is 1. The summed E-state index contributed by atoms with van der Waals surface area (Å²) in [5.41, 5.74) is 5.22. The molecule has 1 amide bonds. The number of hydrogen-bond donors (Lipinski definition) is 5. The number of aromatic nitrogens is 4. The lowest BCUT2D eigenvalue weighted by Gasteiger charge is -2.28. The zero-order valence-corrected chi connectivity index (χ0v) is 25.4. The van der Waals surface area contributed by atoms with Crippen molar-refractivity contribution in [2.75, 3.05) is 44.4 Å². The second-order valence-corrected chi connectivity index (χ2v) is 11.4. The van der Waals surface area contributed by atoms with Gasteiger partial charge in [-0.3, -0.25) is 24.1 Å². The fourth-order valence-corrected chi connectivity index (χ4v) is 4.34. The van der Waals surface area contributed by atoms with Gasteiger partial charge in [-0.05, 0) is 34.1 Å². The van der Waals surface area contributed by atoms with E-state index in [1.54, 1.807) is 16.7 Å². The van der Waals surface area contributed by atoms with Crippen molar-refractivity contribution >= 4 is 46.7 Å². The number of nitrogens with two attached hydrogens (primary N) is 2. The second-order valence-electron chi connectivity index (χ2n) is 10.4. The normalized spacial score (nSPS) is 12.9. The number of nitrogen functional groups attached to an aromatic ring is 1. The highest BCUT2D eigenvalue weighted by atomic mass is 32.2. The molecule has 0 bridgehead atoms. The molecule has 0 spiro atoms. The summed E-state index contributed by atoms with van der Waals surface area (Å²) in [4.78, 5) is 39.6. The smallest absolute Gasteiger partial charge is 0.280 e. The van der Waals surface area contributed by atoms with Crippen LogP contribution in [0.2, 0.25) is 0 Å². The second kappa shape index (κ2) is 16.7. The largest absolute Gasteiger partial charge is 0.392 e. The molecule has 0 aliphatic heterocycles. The number of rotatable bonds is 18. The molecule has 0 aliphatic rings. The van der Waals surface area contributed by atoms with Crippen LogP contribution in [0.5, 0.6) is 0 Å². The molecule has 0 saturated carbocycles. The number of allylic oxidation sites excluding steroid dienone is 1. The van der Waals surface area contributed by atoms with Gasteiger partial charge in [-0.25, -0.2) is 4.98 Å². The van der Waals surface area contributed by atoms with Crippen LogP contribution < -0.4 is 22.5 Å². The molecule has 2 aromatic rings. The van der Waals surface area contributed by atoms with Crippen LogP contribution in [0.4, 0.5) is 5.95 Å². The number of nitrogens with one attached hydrogen (secondary N) is 2. The number of aliphatic hydroxyl groups is 1. The summed E-state index contributed by atoms with van der Waals surface area (Å²) in [6.45, 7) is 8.79. The van der Waals surface area contributed by atoms with E-state index in [4.69, 9.17) is 32.6 Å². The van der Waals surface area contributed by atoms with Crippen LogP contribution in [0, 0.1) is 12.3 Å². The number of terminal acetylenes is 1. The molecule has 2 rings (SSSR count). The molecule has 230 valence electrons. The van der Waals surface area contributed by atoms with Gasteiger partial charge in [0.15, 0.2) is 16.3 Å². The van der Waals surface area contributed by atoms with Gasteiger partial charge in [0.05, 0.1) is 31.0 Å². The maximum absolute atomic E-state index is 12.3. The molecule has 0 atom stereocenters. The number of thioether (sulfide) groups is 1. The predicted molar refractivity (Wildman–Crippen MR) is 166 cm³/mol. The topological polar surface area (TPSA) is 208 Å². The van der Waals surface area contributed by atoms with Crippen molar-refractivity contribution in [2.24, 2.45) is 15.9 Å². The van der Waals surface area contributed by atoms with Crippen LogP contribution in [0.25, 0.3) is 11.2 Å². The number of nitrogens with zero attached hydrogens (tertiary/aromatic N) is 5. The lowest BCUT2D eigenvalue weighted by atomic mass is 10.0. The number of fused-ring (bicyclic) bond motifs is 1. The van der Waals surface area contributed by atoms with Crippen LogP contribution >= 0.6 is 11.8 Å². The molecule has 0 aromatic carbocycles. The Bertz CT molecular complexity index is 1370. The number of aliphatic hydroxyl groups excluding tert-OH is 1. The Morgan fingerprint density at radius 2 is 2.02 bits per heavy atom. The van der Waals surface area contributed by atoms with Gasteiger partial charge in [0.2, 0.25) is 11.9 Å². The Morgan fingerprint density at radius 3 is 2.71 bits per heavy atom. The van der Waals surface area contributed by atoms with E-state index in [-0.39, 0.29) is 37.1 Å². The predicted octanol–water partition coefficient (Wildman–Crippen LogP) is 0.848. The molecule has 0 aliphatic carbocycles. The summed E-state index contributed by atoms with van der Waals surface area (Å²) in [5, 5.41) is 16.0. The van der Waals surface area contributed by atoms with E-state index in [2.05, 4.69) is 36.3 Å². The number of aliphatic imine (C=N–C) groups is 1. The van der Waals surface area contributed by atoms with Gasteiger partial charge >= 0.3 is 0 Å². The Hall–Kier alpha value is -3.71. The molecule has 2 heterocycles. The third kappa shape index (κ3) is 11.6. The minimum Gasteiger partial charge on any atom is -0.392 e. The van der Waals surface area contributed by atoms with Gasteiger partial charge in [0.1, 0.15) is 12.3 Å². The van der Waals surface area contributed by atoms with Crippen molar-refractivity contribution in [1.82, 2.24) is 24.8 Å². The van der Waals surface area contributed by atoms with Crippen molar-refractivity contribution in [2.45, 2.75) is 63.4 Å². The first-order chi connectivity index (χ1) is 19.9. The first-order valence-corrected chi connectivity index (χ1v) is 14.3. The molecule has 7 N–H and O–H groups in total. The average molecular weight is 604 g/mol. The zero-order valence-electron chi connectivity index (χ0n) is 24.6. The Labute approximate surface area is 249 Å². The number of hydrogen-bond acceptors (Lipinski definition) is 12. The van der Waals surface area contributed by atoms with Crippen molar-refractivity contribution < 1.29 is 19.4 Å². The van der Waals surface area contributed by atoms with Gasteiger partial charge in [-0.1, -0.05) is 23.9 Å². The summed E-state index contributed by atoms with van der Waals surface area (Å²) in [7, 11) is 0. The van der Waals surface area contributed by atoms with E-state index < -0.39 is 16.8 Å². The Morgan fingerprint density at radius 1 is 1.26 bits per heavy atom. The monoisotopic (exact) mass is 603 g/mol. The Kier molecular flexibility index (Phi) is 13.7. The summed E-state index contributed by atoms with van der Waals surface area (Å²) in [5.74, 6) is 8.24. The van der Waals surface area contributed by atoms with Crippen molar-refractivity contribution in [3.63, 3.8) is 0 Å². The molecule has 2 aromatic heterocycles. The number of hydrazone groups is 1. The number of carbonyl (C=O) groups is 1. The highest BCUT2D eigenvalue weighted by molar-refractivity contribution is 7.99. The molecule has 0 fully saturated rings. The van der Waals surface area contributed by atoms with Crippen LogP contribution in [0.1, 0.15) is 40.5 Å². The Balaban J connectivity index is 1.80. The van der Waals surface area contributed by atoms with Crippen molar-refractivity contribution in [3.05, 3.63) is 22.5 Å². The van der Waals surface area contributed by atoms with Crippen LogP contribution in [0.15, 0.2) is 32.2 Å². The molecule has 0 unspecified atom stereocenters. The van der Waals surface area contributed by atoms with Crippen molar-refractivity contribution in [1.29, 1.82) is 0 Å². The fourth-order valence-electron chi connectivity index (χ4n) is 3.48. The van der Waals surface area contributed by atoms with Gasteiger partial charge in [-0.2, -0.15) is 10.1 Å². The quantitative estimate of drug-likeness (QED) is 0.0308. The summed E-state index contributed by atoms with van der Waals surface area (Å²) in [6.07, 6.45) is 11.2. The molecular weight excluding hydrogens is 562 g/mol. The summed E-state index contributed by atoms with van der Waals surface area (Å²) in [6, 6.07) is 0. The molecule has 0 radical (unpaired) electrons. The van der Waals surface area contributed by atoms with E-state index in [9.17, 15) is 9.59 Å². The number of carbonyl (C=O) groups excluding carboxylic acids is 1. The van der Waals surface area contributed by atoms with E-state index in [0.29, 0.717) is 54.8 Å². The third-order valence-electron chi connectivity index (χ3n) is 5.78. The van der Waals surface area contributed by atoms with Gasteiger partial charge in [-0.15, -0.1) is 12.3 Å². The van der Waals surface area contributed by atoms with E-state index in [1.807, 2.05) is 27.7 Å². The highest BCUT2D eigenvalue weighted by Gasteiger charge is 2.23. The SMILES string of the molecule is C#CCC(C)(C)OCCC(C)(C)OCC(C=NCC(=O)NCCSc1nc2c(=O)[nH]c(N)nc2n1CC=CCO)=NN. The summed E-state index contributed by atoms with van der Waals surface area (Å²) >= 11 is 1.34. The molecule has 14 nitrogen and oxygen atoms in total. The molecule has 15 heteroatoms. The maximum atomic E-state index is 12.3. The average Bonchev–Trinajstić information content (AvgIpc) is 3.26. The number of amides is 1. The van der Waals surface area contributed by atoms with Crippen LogP contribution in [-0.2, 0) is 20.8 Å². The number of imidazole rings is 1. The first-order valence-electron chi connectivity index (χ1n) is 13.3. The first kappa shape index (κ1) is 34.5. The highest BCUT2D eigenvalue weighted by Crippen LogP contribution is 2.22. The molecular formula is C27H41N9O5S. The number of anilines is 1. The number of ether oxygens (including phenoxy) is 2. The minimum atomic E-state index is -0.503. The number of aromatic amines is 1. The molecule has 42 heavy (non-hydrogen) atoms. The summed E-state index contributed by atoms with van der Waals surface area (Å²) < 4.78 is 13.5. The minimum absolute atomic E-state index is 0.0204. The lowest BCUT2D eigenvalue weighted by Crippen LogP contribution is -2.32. The molecule has 0 saturated heterocycles. The maximum Gasteiger partial charge on any atom is 0.280 e. The lowest BCUT2D eigenvalue weighted by molar-refractivity contribution is -0.119. The van der Waals surface area contributed by atoms with Gasteiger partial charge < -0.3 is 31.5 Å². The van der Waals surface area contributed by atoms with E-state index in [0.717, 1.165) is 0 Å². The fraction of sp³-hybridized carbons (Fsp3) is 0.556. The van der Waals surface area contributed by atoms with Gasteiger partial charge in [0, 0.05) is 31.5 Å². The van der Waals surface area contributed by atoms with Crippen LogP contribution in [-0.4, -0.2) is 92.3 Å². The zero-order chi connectivity index (χ0) is 31.2. The van der Waals surface area contributed by atoms with E-state index in [1.165, 1.54) is 18.0 Å².